The van der Waals surface area contributed by atoms with Crippen molar-refractivity contribution in [2.45, 2.75) is 38.3 Å². The van der Waals surface area contributed by atoms with Crippen molar-refractivity contribution in [3.63, 3.8) is 0 Å². The number of amides is 2. The molecule has 6 heteroatoms. The third-order valence-corrected chi connectivity index (χ3v) is 4.43. The Kier molecular flexibility index (Phi) is 6.36. The molecule has 4 N–H and O–H groups in total. The fourth-order valence-electron chi connectivity index (χ4n) is 3.18. The molecule has 5 nitrogen and oxygen atoms in total. The summed E-state index contributed by atoms with van der Waals surface area (Å²) in [5.74, 6) is 0.291. The predicted octanol–water partition coefficient (Wildman–Crippen LogP) is 1.50. The molecular weight excluding hydrogens is 297 g/mol. The van der Waals surface area contributed by atoms with Crippen LogP contribution in [0.2, 0.25) is 0 Å². The van der Waals surface area contributed by atoms with Gasteiger partial charge in [-0.2, -0.15) is 0 Å². The number of nitrogens with zero attached hydrogens (tertiary/aromatic N) is 1. The summed E-state index contributed by atoms with van der Waals surface area (Å²) >= 11 is 0. The molecule has 1 aromatic rings. The fraction of sp³-hybridized carbons (Fsp3) is 0.588. The molecule has 1 saturated heterocycles. The molecular formula is C17H26FN3O2. The van der Waals surface area contributed by atoms with Crippen LogP contribution in [0, 0.1) is 11.7 Å². The maximum absolute atomic E-state index is 13.0. The smallest absolute Gasteiger partial charge is 0.312 e. The number of hydrogen-bond donors (Lipinski definition) is 3. The number of carbonyl (C=O) groups is 1. The quantitative estimate of drug-likeness (QED) is 0.742. The second kappa shape index (κ2) is 8.26. The Bertz CT molecular complexity index is 509. The van der Waals surface area contributed by atoms with Gasteiger partial charge < -0.3 is 21.1 Å². The van der Waals surface area contributed by atoms with Crippen LogP contribution in [0.5, 0.6) is 0 Å². The lowest BCUT2D eigenvalue weighted by Crippen LogP contribution is -2.50. The van der Waals surface area contributed by atoms with Crippen molar-refractivity contribution in [2.24, 2.45) is 11.7 Å². The van der Waals surface area contributed by atoms with Gasteiger partial charge >= 0.3 is 6.03 Å². The van der Waals surface area contributed by atoms with Crippen molar-refractivity contribution in [2.75, 3.05) is 19.6 Å². The Labute approximate surface area is 136 Å². The minimum absolute atomic E-state index is 0.210. The van der Waals surface area contributed by atoms with Crippen LogP contribution in [0.4, 0.5) is 9.18 Å². The molecule has 1 heterocycles. The lowest BCUT2D eigenvalue weighted by atomic mass is 9.91. The summed E-state index contributed by atoms with van der Waals surface area (Å²) in [4.78, 5) is 13.1. The van der Waals surface area contributed by atoms with E-state index in [1.165, 1.54) is 12.1 Å². The number of urea groups is 1. The van der Waals surface area contributed by atoms with E-state index in [1.807, 2.05) is 12.1 Å². The summed E-state index contributed by atoms with van der Waals surface area (Å²) in [5, 5.41) is 12.7. The molecule has 23 heavy (non-hydrogen) atoms. The molecule has 2 amide bonds. The average molecular weight is 323 g/mol. The standard InChI is InChI=1S/C17H26FN3O2/c1-12(20-17(19)23)16(22)11-21-8-2-3-14(10-21)9-13-4-6-15(18)7-5-13/h4-7,12,14,16,22H,2-3,8-11H2,1H3,(H3,19,20,23)/t12-,14+,16+/m1/s1. The Hall–Kier alpha value is -1.66. The number of halogens is 1. The molecule has 1 aromatic carbocycles. The molecule has 0 aliphatic carbocycles. The molecule has 2 rings (SSSR count). The molecule has 0 radical (unpaired) electrons. The SMILES string of the molecule is C[C@@H](NC(N)=O)[C@@H](O)CN1CCC[C@@H](Cc2ccc(F)cc2)C1. The summed E-state index contributed by atoms with van der Waals surface area (Å²) in [5.41, 5.74) is 6.22. The second-order valence-corrected chi connectivity index (χ2v) is 6.46. The van der Waals surface area contributed by atoms with E-state index in [1.54, 1.807) is 6.92 Å². The largest absolute Gasteiger partial charge is 0.390 e. The molecule has 1 aliphatic heterocycles. The van der Waals surface area contributed by atoms with Crippen molar-refractivity contribution in [1.82, 2.24) is 10.2 Å². The van der Waals surface area contributed by atoms with Gasteiger partial charge in [0.05, 0.1) is 12.1 Å². The van der Waals surface area contributed by atoms with Gasteiger partial charge in [-0.05, 0) is 56.3 Å². The fourth-order valence-corrected chi connectivity index (χ4v) is 3.18. The summed E-state index contributed by atoms with van der Waals surface area (Å²) < 4.78 is 13.0. The van der Waals surface area contributed by atoms with Gasteiger partial charge in [-0.25, -0.2) is 9.18 Å². The van der Waals surface area contributed by atoms with Gasteiger partial charge in [-0.15, -0.1) is 0 Å². The maximum Gasteiger partial charge on any atom is 0.312 e. The molecule has 0 spiro atoms. The molecule has 0 unspecified atom stereocenters. The first-order valence-corrected chi connectivity index (χ1v) is 8.15. The van der Waals surface area contributed by atoms with E-state index in [-0.39, 0.29) is 11.9 Å². The van der Waals surface area contributed by atoms with Gasteiger partial charge in [0.1, 0.15) is 5.82 Å². The molecule has 1 fully saturated rings. The number of primary amides is 1. The highest BCUT2D eigenvalue weighted by Gasteiger charge is 2.24. The van der Waals surface area contributed by atoms with Crippen LogP contribution < -0.4 is 11.1 Å². The van der Waals surface area contributed by atoms with Crippen molar-refractivity contribution in [3.8, 4) is 0 Å². The Morgan fingerprint density at radius 2 is 2.17 bits per heavy atom. The number of β-amino-alcohol motifs (C(OH)–C–C–N with tert-alkyl or cyclic N) is 1. The van der Waals surface area contributed by atoms with Crippen molar-refractivity contribution < 1.29 is 14.3 Å². The van der Waals surface area contributed by atoms with E-state index in [2.05, 4.69) is 10.2 Å². The van der Waals surface area contributed by atoms with Gasteiger partial charge in [-0.1, -0.05) is 12.1 Å². The third-order valence-electron chi connectivity index (χ3n) is 4.43. The van der Waals surface area contributed by atoms with Gasteiger partial charge in [-0.3, -0.25) is 0 Å². The second-order valence-electron chi connectivity index (χ2n) is 6.46. The first kappa shape index (κ1) is 17.7. The van der Waals surface area contributed by atoms with Gasteiger partial charge in [0.2, 0.25) is 0 Å². The first-order chi connectivity index (χ1) is 10.9. The van der Waals surface area contributed by atoms with Gasteiger partial charge in [0, 0.05) is 13.1 Å². The Morgan fingerprint density at radius 1 is 1.48 bits per heavy atom. The summed E-state index contributed by atoms with van der Waals surface area (Å²) in [6.45, 7) is 4.11. The van der Waals surface area contributed by atoms with Crippen LogP contribution in [-0.2, 0) is 6.42 Å². The zero-order valence-electron chi connectivity index (χ0n) is 13.5. The van der Waals surface area contributed by atoms with Gasteiger partial charge in [0.15, 0.2) is 0 Å². The van der Waals surface area contributed by atoms with E-state index < -0.39 is 12.1 Å². The molecule has 0 aromatic heterocycles. The number of piperidine rings is 1. The number of likely N-dealkylation sites (tertiary alicyclic amines) is 1. The summed E-state index contributed by atoms with van der Waals surface area (Å²) in [6.07, 6.45) is 2.49. The van der Waals surface area contributed by atoms with E-state index in [0.717, 1.165) is 37.9 Å². The van der Waals surface area contributed by atoms with Crippen LogP contribution in [0.25, 0.3) is 0 Å². The van der Waals surface area contributed by atoms with Crippen molar-refractivity contribution in [3.05, 3.63) is 35.6 Å². The number of nitrogens with one attached hydrogen (secondary N) is 1. The van der Waals surface area contributed by atoms with Gasteiger partial charge in [0.25, 0.3) is 0 Å². The normalized spacial score (nSPS) is 21.6. The summed E-state index contributed by atoms with van der Waals surface area (Å²) in [7, 11) is 0. The lowest BCUT2D eigenvalue weighted by molar-refractivity contribution is 0.0660. The summed E-state index contributed by atoms with van der Waals surface area (Å²) in [6, 6.07) is 5.67. The van der Waals surface area contributed by atoms with Crippen molar-refractivity contribution in [1.29, 1.82) is 0 Å². The molecule has 0 saturated carbocycles. The number of nitrogens with two attached hydrogens (primary N) is 1. The molecule has 128 valence electrons. The van der Waals surface area contributed by atoms with Crippen LogP contribution in [0.3, 0.4) is 0 Å². The third kappa shape index (κ3) is 5.80. The van der Waals surface area contributed by atoms with E-state index in [4.69, 9.17) is 5.73 Å². The topological polar surface area (TPSA) is 78.6 Å². The zero-order valence-corrected chi connectivity index (χ0v) is 13.5. The number of aliphatic hydroxyl groups excluding tert-OH is 1. The zero-order chi connectivity index (χ0) is 16.8. The highest BCUT2D eigenvalue weighted by Crippen LogP contribution is 2.21. The minimum Gasteiger partial charge on any atom is -0.390 e. The lowest BCUT2D eigenvalue weighted by Gasteiger charge is -2.35. The highest BCUT2D eigenvalue weighted by atomic mass is 19.1. The van der Waals surface area contributed by atoms with E-state index >= 15 is 0 Å². The van der Waals surface area contributed by atoms with E-state index in [0.29, 0.717) is 12.5 Å². The first-order valence-electron chi connectivity index (χ1n) is 8.15. The number of hydrogen-bond acceptors (Lipinski definition) is 3. The number of carbonyl (C=O) groups excluding carboxylic acids is 1. The Balaban J connectivity index is 1.83. The van der Waals surface area contributed by atoms with Crippen molar-refractivity contribution >= 4 is 6.03 Å². The molecule has 3 atom stereocenters. The monoisotopic (exact) mass is 323 g/mol. The van der Waals surface area contributed by atoms with Crippen LogP contribution in [0.15, 0.2) is 24.3 Å². The Morgan fingerprint density at radius 3 is 2.83 bits per heavy atom. The van der Waals surface area contributed by atoms with Crippen LogP contribution in [-0.4, -0.2) is 47.8 Å². The van der Waals surface area contributed by atoms with Crippen LogP contribution in [0.1, 0.15) is 25.3 Å². The average Bonchev–Trinajstić information content (AvgIpc) is 2.49. The molecule has 1 aliphatic rings. The predicted molar refractivity (Wildman–Crippen MR) is 87.5 cm³/mol. The number of rotatable bonds is 6. The van der Waals surface area contributed by atoms with Crippen LogP contribution >= 0.6 is 0 Å². The number of aliphatic hydroxyl groups is 1. The highest BCUT2D eigenvalue weighted by molar-refractivity contribution is 5.71. The minimum atomic E-state index is -0.646. The van der Waals surface area contributed by atoms with E-state index in [9.17, 15) is 14.3 Å². The maximum atomic E-state index is 13.0. The number of benzene rings is 1. The molecule has 0 bridgehead atoms.